The highest BCUT2D eigenvalue weighted by molar-refractivity contribution is 5.92. The average molecular weight is 318 g/mol. The van der Waals surface area contributed by atoms with E-state index in [1.807, 2.05) is 18.0 Å². The first-order chi connectivity index (χ1) is 11.1. The van der Waals surface area contributed by atoms with Gasteiger partial charge in [0.2, 0.25) is 0 Å². The number of aliphatic hydroxyl groups excluding tert-OH is 1. The molecule has 7 heteroatoms. The zero-order valence-electron chi connectivity index (χ0n) is 13.5. The lowest BCUT2D eigenvalue weighted by molar-refractivity contribution is 0.0699. The number of amides is 1. The van der Waals surface area contributed by atoms with Crippen LogP contribution in [0.2, 0.25) is 0 Å². The van der Waals surface area contributed by atoms with Crippen molar-refractivity contribution in [2.75, 3.05) is 19.7 Å². The number of hydrogen-bond acceptors (Lipinski definition) is 5. The van der Waals surface area contributed by atoms with Gasteiger partial charge in [-0.15, -0.1) is 0 Å². The van der Waals surface area contributed by atoms with Crippen LogP contribution in [0.5, 0.6) is 0 Å². The van der Waals surface area contributed by atoms with Crippen molar-refractivity contribution < 1.29 is 14.4 Å². The van der Waals surface area contributed by atoms with Crippen molar-refractivity contribution >= 4 is 5.91 Å². The predicted octanol–water partition coefficient (Wildman–Crippen LogP) is 1.50. The van der Waals surface area contributed by atoms with E-state index < -0.39 is 0 Å². The summed E-state index contributed by atoms with van der Waals surface area (Å²) < 4.78 is 7.05. The normalized spacial score (nSPS) is 16.0. The summed E-state index contributed by atoms with van der Waals surface area (Å²) in [4.78, 5) is 18.7. The van der Waals surface area contributed by atoms with Gasteiger partial charge in [0.05, 0.1) is 6.61 Å². The minimum Gasteiger partial charge on any atom is -0.395 e. The number of nitrogens with zero attached hydrogens (tertiary/aromatic N) is 4. The van der Waals surface area contributed by atoms with Gasteiger partial charge in [0.25, 0.3) is 5.91 Å². The Hall–Kier alpha value is -2.15. The van der Waals surface area contributed by atoms with Gasteiger partial charge >= 0.3 is 0 Å². The van der Waals surface area contributed by atoms with Crippen LogP contribution >= 0.6 is 0 Å². The number of aliphatic hydroxyl groups is 1. The van der Waals surface area contributed by atoms with E-state index in [4.69, 9.17) is 4.52 Å². The van der Waals surface area contributed by atoms with E-state index in [1.165, 1.54) is 0 Å². The molecule has 0 saturated carbocycles. The molecule has 0 spiro atoms. The van der Waals surface area contributed by atoms with Crippen LogP contribution in [0.25, 0.3) is 0 Å². The van der Waals surface area contributed by atoms with Crippen LogP contribution in [0.1, 0.15) is 46.5 Å². The SMILES string of the molecule is Cc1cc(C(=O)N2CCC(c3ncc(C)n3CCO)CC2)no1. The van der Waals surface area contributed by atoms with Gasteiger partial charge in [-0.1, -0.05) is 5.16 Å². The van der Waals surface area contributed by atoms with Crippen molar-refractivity contribution in [3.8, 4) is 0 Å². The van der Waals surface area contributed by atoms with E-state index in [0.717, 1.165) is 24.4 Å². The van der Waals surface area contributed by atoms with E-state index >= 15 is 0 Å². The van der Waals surface area contributed by atoms with Gasteiger partial charge in [0, 0.05) is 43.5 Å². The van der Waals surface area contributed by atoms with E-state index in [2.05, 4.69) is 14.7 Å². The second-order valence-corrected chi connectivity index (χ2v) is 6.02. The van der Waals surface area contributed by atoms with Gasteiger partial charge < -0.3 is 19.1 Å². The molecule has 3 rings (SSSR count). The number of piperidine rings is 1. The Morgan fingerprint density at radius 3 is 2.74 bits per heavy atom. The Morgan fingerprint density at radius 1 is 1.39 bits per heavy atom. The topological polar surface area (TPSA) is 84.4 Å². The highest BCUT2D eigenvalue weighted by atomic mass is 16.5. The molecule has 0 radical (unpaired) electrons. The second-order valence-electron chi connectivity index (χ2n) is 6.02. The van der Waals surface area contributed by atoms with E-state index in [1.54, 1.807) is 13.0 Å². The average Bonchev–Trinajstić information content (AvgIpc) is 3.14. The zero-order valence-corrected chi connectivity index (χ0v) is 13.5. The van der Waals surface area contributed by atoms with Gasteiger partial charge in [0.1, 0.15) is 11.6 Å². The molecule has 2 aromatic rings. The summed E-state index contributed by atoms with van der Waals surface area (Å²) in [6.45, 7) is 5.81. The maximum Gasteiger partial charge on any atom is 0.276 e. The van der Waals surface area contributed by atoms with Gasteiger partial charge in [-0.2, -0.15) is 0 Å². The Morgan fingerprint density at radius 2 is 2.13 bits per heavy atom. The van der Waals surface area contributed by atoms with Crippen LogP contribution in [-0.4, -0.2) is 50.3 Å². The highest BCUT2D eigenvalue weighted by Gasteiger charge is 2.28. The van der Waals surface area contributed by atoms with Crippen molar-refractivity contribution in [3.63, 3.8) is 0 Å². The van der Waals surface area contributed by atoms with E-state index in [9.17, 15) is 9.90 Å². The molecular weight excluding hydrogens is 296 g/mol. The first-order valence-electron chi connectivity index (χ1n) is 7.95. The lowest BCUT2D eigenvalue weighted by atomic mass is 9.95. The quantitative estimate of drug-likeness (QED) is 0.923. The summed E-state index contributed by atoms with van der Waals surface area (Å²) in [7, 11) is 0. The molecule has 1 aliphatic rings. The second kappa shape index (κ2) is 6.54. The third-order valence-electron chi connectivity index (χ3n) is 4.40. The Kier molecular flexibility index (Phi) is 4.47. The Bertz CT molecular complexity index is 683. The number of imidazole rings is 1. The molecule has 1 N–H and O–H groups in total. The smallest absolute Gasteiger partial charge is 0.276 e. The molecule has 2 aromatic heterocycles. The summed E-state index contributed by atoms with van der Waals surface area (Å²) in [6.07, 6.45) is 3.58. The number of likely N-dealkylation sites (tertiary alicyclic amines) is 1. The van der Waals surface area contributed by atoms with Crippen LogP contribution in [0, 0.1) is 13.8 Å². The fourth-order valence-corrected chi connectivity index (χ4v) is 3.17. The number of carbonyl (C=O) groups excluding carboxylic acids is 1. The van der Waals surface area contributed by atoms with Crippen molar-refractivity contribution in [3.05, 3.63) is 35.2 Å². The van der Waals surface area contributed by atoms with Gasteiger partial charge in [-0.25, -0.2) is 4.98 Å². The molecule has 1 aliphatic heterocycles. The fraction of sp³-hybridized carbons (Fsp3) is 0.562. The molecule has 7 nitrogen and oxygen atoms in total. The van der Waals surface area contributed by atoms with Crippen LogP contribution < -0.4 is 0 Å². The fourth-order valence-electron chi connectivity index (χ4n) is 3.17. The largest absolute Gasteiger partial charge is 0.395 e. The van der Waals surface area contributed by atoms with Crippen molar-refractivity contribution in [1.82, 2.24) is 19.6 Å². The summed E-state index contributed by atoms with van der Waals surface area (Å²) in [5.74, 6) is 1.90. The van der Waals surface area contributed by atoms with E-state index in [0.29, 0.717) is 37.0 Å². The van der Waals surface area contributed by atoms with Crippen LogP contribution in [-0.2, 0) is 6.54 Å². The van der Waals surface area contributed by atoms with Crippen LogP contribution in [0.15, 0.2) is 16.8 Å². The predicted molar refractivity (Wildman–Crippen MR) is 83.2 cm³/mol. The molecule has 3 heterocycles. The summed E-state index contributed by atoms with van der Waals surface area (Å²) in [6, 6.07) is 1.67. The summed E-state index contributed by atoms with van der Waals surface area (Å²) in [5.41, 5.74) is 1.43. The lowest BCUT2D eigenvalue weighted by Gasteiger charge is -2.31. The van der Waals surface area contributed by atoms with Crippen molar-refractivity contribution in [2.45, 2.75) is 39.2 Å². The zero-order chi connectivity index (χ0) is 16.4. The number of aryl methyl sites for hydroxylation is 2. The third-order valence-corrected chi connectivity index (χ3v) is 4.40. The number of carbonyl (C=O) groups is 1. The molecule has 0 unspecified atom stereocenters. The van der Waals surface area contributed by atoms with E-state index in [-0.39, 0.29) is 12.5 Å². The van der Waals surface area contributed by atoms with Crippen molar-refractivity contribution in [1.29, 1.82) is 0 Å². The molecule has 0 aliphatic carbocycles. The van der Waals surface area contributed by atoms with Gasteiger partial charge in [-0.05, 0) is 26.7 Å². The van der Waals surface area contributed by atoms with Gasteiger partial charge in [0.15, 0.2) is 5.69 Å². The lowest BCUT2D eigenvalue weighted by Crippen LogP contribution is -2.38. The third kappa shape index (κ3) is 3.14. The monoisotopic (exact) mass is 318 g/mol. The molecule has 0 bridgehead atoms. The molecule has 1 fully saturated rings. The standard InChI is InChI=1S/C16H22N4O3/c1-11-10-17-15(20(11)7-8-21)13-3-5-19(6-4-13)16(22)14-9-12(2)23-18-14/h9-10,13,21H,3-8H2,1-2H3. The van der Waals surface area contributed by atoms with Crippen LogP contribution in [0.4, 0.5) is 0 Å². The minimum atomic E-state index is -0.0739. The maximum absolute atomic E-state index is 12.4. The minimum absolute atomic E-state index is 0.0739. The molecule has 23 heavy (non-hydrogen) atoms. The van der Waals surface area contributed by atoms with Gasteiger partial charge in [-0.3, -0.25) is 4.79 Å². The molecular formula is C16H22N4O3. The Balaban J connectivity index is 1.65. The molecule has 124 valence electrons. The molecule has 1 amide bonds. The Labute approximate surface area is 134 Å². The molecule has 1 saturated heterocycles. The summed E-state index contributed by atoms with van der Waals surface area (Å²) >= 11 is 0. The number of aromatic nitrogens is 3. The molecule has 0 aromatic carbocycles. The first-order valence-corrected chi connectivity index (χ1v) is 7.95. The van der Waals surface area contributed by atoms with Crippen molar-refractivity contribution in [2.24, 2.45) is 0 Å². The number of hydrogen-bond donors (Lipinski definition) is 1. The summed E-state index contributed by atoms with van der Waals surface area (Å²) in [5, 5.41) is 13.0. The maximum atomic E-state index is 12.4. The van der Waals surface area contributed by atoms with Crippen LogP contribution in [0.3, 0.4) is 0 Å². The molecule has 0 atom stereocenters. The first kappa shape index (κ1) is 15.7. The highest BCUT2D eigenvalue weighted by Crippen LogP contribution is 2.28. The number of rotatable bonds is 4.